The Kier molecular flexibility index (Phi) is 5.43. The maximum absolute atomic E-state index is 12.4. The second kappa shape index (κ2) is 6.91. The van der Waals surface area contributed by atoms with E-state index >= 15 is 0 Å². The molecule has 0 aromatic carbocycles. The van der Waals surface area contributed by atoms with Gasteiger partial charge in [-0.05, 0) is 5.92 Å². The van der Waals surface area contributed by atoms with Crippen LogP contribution in [0.3, 0.4) is 0 Å². The lowest BCUT2D eigenvalue weighted by Crippen LogP contribution is -2.47. The molecule has 0 spiro atoms. The lowest BCUT2D eigenvalue weighted by Gasteiger charge is -2.30. The first kappa shape index (κ1) is 16.5. The molecule has 0 aromatic heterocycles. The van der Waals surface area contributed by atoms with Crippen molar-refractivity contribution in [1.29, 1.82) is 0 Å². The van der Waals surface area contributed by atoms with E-state index in [1.165, 1.54) is 28.4 Å². The molecule has 0 aliphatic carbocycles. The van der Waals surface area contributed by atoms with E-state index in [9.17, 15) is 19.5 Å². The highest BCUT2D eigenvalue weighted by Gasteiger charge is 2.42. The van der Waals surface area contributed by atoms with Crippen molar-refractivity contribution in [3.05, 3.63) is 0 Å². The summed E-state index contributed by atoms with van der Waals surface area (Å²) in [4.78, 5) is 38.4. The van der Waals surface area contributed by atoms with Gasteiger partial charge in [0.05, 0.1) is 5.37 Å². The van der Waals surface area contributed by atoms with Gasteiger partial charge in [-0.2, -0.15) is 0 Å². The van der Waals surface area contributed by atoms with E-state index in [4.69, 9.17) is 0 Å². The Morgan fingerprint density at radius 3 is 2.67 bits per heavy atom. The average Bonchev–Trinajstić information content (AvgIpc) is 3.02. The molecular weight excluding hydrogens is 312 g/mol. The van der Waals surface area contributed by atoms with E-state index in [2.05, 4.69) is 0 Å². The molecule has 6 nitrogen and oxygen atoms in total. The lowest BCUT2D eigenvalue weighted by molar-refractivity contribution is -0.149. The predicted molar refractivity (Wildman–Crippen MR) is 83.4 cm³/mol. The molecule has 2 aliphatic rings. The topological polar surface area (TPSA) is 77.9 Å². The van der Waals surface area contributed by atoms with Crippen molar-refractivity contribution in [3.63, 3.8) is 0 Å². The van der Waals surface area contributed by atoms with Crippen LogP contribution in [0.15, 0.2) is 0 Å². The largest absolute Gasteiger partial charge is 0.480 e. The molecule has 2 aliphatic heterocycles. The quantitative estimate of drug-likeness (QED) is 0.823. The number of hydrogen-bond donors (Lipinski definition) is 1. The Morgan fingerprint density at radius 2 is 2.14 bits per heavy atom. The number of carbonyl (C=O) groups is 3. The number of thioether (sulfide) groups is 2. The number of amides is 2. The summed E-state index contributed by atoms with van der Waals surface area (Å²) in [5, 5.41) is 9.19. The van der Waals surface area contributed by atoms with Crippen molar-refractivity contribution in [1.82, 2.24) is 9.80 Å². The number of carbonyl (C=O) groups excluding carboxylic acids is 2. The molecule has 8 heteroatoms. The Morgan fingerprint density at radius 1 is 1.43 bits per heavy atom. The minimum atomic E-state index is -0.952. The second-order valence-electron chi connectivity index (χ2n) is 5.47. The van der Waals surface area contributed by atoms with Crippen LogP contribution in [0.4, 0.5) is 4.79 Å². The van der Waals surface area contributed by atoms with Gasteiger partial charge in [0.25, 0.3) is 5.24 Å². The summed E-state index contributed by atoms with van der Waals surface area (Å²) in [5.74, 6) is 0.274. The van der Waals surface area contributed by atoms with E-state index in [1.54, 1.807) is 4.90 Å². The number of carboxylic acids is 1. The summed E-state index contributed by atoms with van der Waals surface area (Å²) in [6, 6.07) is -0.751. The van der Waals surface area contributed by atoms with Crippen LogP contribution in [0.1, 0.15) is 20.3 Å². The number of nitrogens with zero attached hydrogens (tertiary/aromatic N) is 2. The number of carboxylic acid groups (broad SMARTS) is 1. The van der Waals surface area contributed by atoms with Crippen molar-refractivity contribution in [3.8, 4) is 0 Å². The smallest absolute Gasteiger partial charge is 0.327 e. The molecule has 2 saturated heterocycles. The van der Waals surface area contributed by atoms with Gasteiger partial charge in [0.15, 0.2) is 0 Å². The molecule has 0 aromatic rings. The summed E-state index contributed by atoms with van der Waals surface area (Å²) in [6.45, 7) is 5.02. The molecule has 118 valence electrons. The zero-order valence-electron chi connectivity index (χ0n) is 12.2. The Labute approximate surface area is 132 Å². The van der Waals surface area contributed by atoms with Gasteiger partial charge in [-0.25, -0.2) is 4.79 Å². The fraction of sp³-hybridized carbons (Fsp3) is 0.769. The van der Waals surface area contributed by atoms with Crippen LogP contribution in [0.2, 0.25) is 0 Å². The highest BCUT2D eigenvalue weighted by atomic mass is 32.2. The molecule has 0 bridgehead atoms. The number of aliphatic carboxylic acids is 1. The van der Waals surface area contributed by atoms with Crippen molar-refractivity contribution in [2.75, 3.05) is 24.6 Å². The monoisotopic (exact) mass is 332 g/mol. The summed E-state index contributed by atoms with van der Waals surface area (Å²) in [7, 11) is 0. The molecule has 21 heavy (non-hydrogen) atoms. The van der Waals surface area contributed by atoms with E-state index in [1.807, 2.05) is 13.8 Å². The first-order chi connectivity index (χ1) is 9.91. The second-order valence-corrected chi connectivity index (χ2v) is 7.67. The SMILES string of the molecule is CC(C)C1SCC(C(=O)O)N1C(=O)CCN1CCSC1=O. The van der Waals surface area contributed by atoms with Crippen LogP contribution >= 0.6 is 23.5 Å². The van der Waals surface area contributed by atoms with Crippen LogP contribution in [-0.4, -0.2) is 68.0 Å². The summed E-state index contributed by atoms with van der Waals surface area (Å²) < 4.78 is 0. The summed E-state index contributed by atoms with van der Waals surface area (Å²) >= 11 is 2.79. The molecule has 0 radical (unpaired) electrons. The fourth-order valence-corrected chi connectivity index (χ4v) is 4.88. The van der Waals surface area contributed by atoms with Gasteiger partial charge in [-0.15, -0.1) is 11.8 Å². The lowest BCUT2D eigenvalue weighted by atomic mass is 10.1. The molecule has 2 atom stereocenters. The normalized spacial score (nSPS) is 26.0. The van der Waals surface area contributed by atoms with E-state index < -0.39 is 12.0 Å². The molecule has 0 saturated carbocycles. The van der Waals surface area contributed by atoms with E-state index in [0.717, 1.165) is 5.75 Å². The van der Waals surface area contributed by atoms with E-state index in [-0.39, 0.29) is 28.9 Å². The molecular formula is C13H20N2O4S2. The fourth-order valence-electron chi connectivity index (χ4n) is 2.54. The Bertz CT molecular complexity index is 444. The molecule has 2 heterocycles. The zero-order chi connectivity index (χ0) is 15.6. The van der Waals surface area contributed by atoms with Gasteiger partial charge in [-0.3, -0.25) is 9.59 Å². The molecule has 2 amide bonds. The van der Waals surface area contributed by atoms with Gasteiger partial charge in [0.1, 0.15) is 6.04 Å². The Hall–Kier alpha value is -0.890. The minimum absolute atomic E-state index is 0.00814. The van der Waals surface area contributed by atoms with Gasteiger partial charge >= 0.3 is 5.97 Å². The van der Waals surface area contributed by atoms with Crippen LogP contribution in [-0.2, 0) is 9.59 Å². The van der Waals surface area contributed by atoms with Crippen LogP contribution in [0.25, 0.3) is 0 Å². The van der Waals surface area contributed by atoms with Gasteiger partial charge in [0, 0.05) is 31.0 Å². The van der Waals surface area contributed by atoms with Gasteiger partial charge in [0.2, 0.25) is 5.91 Å². The third kappa shape index (κ3) is 3.66. The van der Waals surface area contributed by atoms with Crippen molar-refractivity contribution in [2.45, 2.75) is 31.7 Å². The molecule has 2 fully saturated rings. The third-order valence-corrected chi connectivity index (χ3v) is 6.13. The molecule has 2 unspecified atom stereocenters. The van der Waals surface area contributed by atoms with Crippen molar-refractivity contribution < 1.29 is 19.5 Å². The first-order valence-electron chi connectivity index (χ1n) is 6.99. The highest BCUT2D eigenvalue weighted by Crippen LogP contribution is 2.34. The number of rotatable bonds is 5. The van der Waals surface area contributed by atoms with Crippen molar-refractivity contribution >= 4 is 40.6 Å². The van der Waals surface area contributed by atoms with Gasteiger partial charge in [-0.1, -0.05) is 25.6 Å². The van der Waals surface area contributed by atoms with Crippen molar-refractivity contribution in [2.24, 2.45) is 5.92 Å². The van der Waals surface area contributed by atoms with Gasteiger partial charge < -0.3 is 14.9 Å². The summed E-state index contributed by atoms with van der Waals surface area (Å²) in [6.07, 6.45) is 0.194. The molecule has 2 rings (SSSR count). The standard InChI is InChI=1S/C13H20N2O4S2/c1-8(2)11-15(9(7-21-11)12(17)18)10(16)3-4-14-5-6-20-13(14)19/h8-9,11H,3-7H2,1-2H3,(H,17,18). The average molecular weight is 332 g/mol. The Balaban J connectivity index is 1.99. The minimum Gasteiger partial charge on any atom is -0.480 e. The number of hydrogen-bond acceptors (Lipinski definition) is 5. The first-order valence-corrected chi connectivity index (χ1v) is 9.02. The third-order valence-electron chi connectivity index (χ3n) is 3.62. The van der Waals surface area contributed by atoms with E-state index in [0.29, 0.717) is 18.8 Å². The zero-order valence-corrected chi connectivity index (χ0v) is 13.8. The highest BCUT2D eigenvalue weighted by molar-refractivity contribution is 8.13. The van der Waals surface area contributed by atoms with Crippen LogP contribution in [0.5, 0.6) is 0 Å². The maximum atomic E-state index is 12.4. The molecule has 1 N–H and O–H groups in total. The maximum Gasteiger partial charge on any atom is 0.327 e. The predicted octanol–water partition coefficient (Wildman–Crippen LogP) is 1.56. The van der Waals surface area contributed by atoms with Crippen LogP contribution < -0.4 is 0 Å². The van der Waals surface area contributed by atoms with Crippen LogP contribution in [0, 0.1) is 5.92 Å². The summed E-state index contributed by atoms with van der Waals surface area (Å²) in [5.41, 5.74) is 0.